The lowest BCUT2D eigenvalue weighted by Gasteiger charge is -2.23. The van der Waals surface area contributed by atoms with Gasteiger partial charge in [0.05, 0.1) is 14.2 Å². The molecule has 0 aromatic carbocycles. The largest absolute Gasteiger partial charge is 0.468 e. The Hall–Kier alpha value is -0.360. The van der Waals surface area contributed by atoms with Crippen LogP contribution in [0.3, 0.4) is 0 Å². The van der Waals surface area contributed by atoms with Crippen molar-refractivity contribution in [2.75, 3.05) is 14.2 Å². The summed E-state index contributed by atoms with van der Waals surface area (Å²) >= 11 is 0. The van der Waals surface area contributed by atoms with Gasteiger partial charge < -0.3 is 9.47 Å². The number of carbonyl (C=O) groups excluding carboxylic acids is 2. The van der Waals surface area contributed by atoms with E-state index in [1.807, 2.05) is 0 Å². The Kier molecular flexibility index (Phi) is 4.60. The van der Waals surface area contributed by atoms with Crippen molar-refractivity contribution in [3.63, 3.8) is 0 Å². The van der Waals surface area contributed by atoms with E-state index in [9.17, 15) is 9.59 Å². The summed E-state index contributed by atoms with van der Waals surface area (Å²) in [6, 6.07) is 0. The average molecular weight is 236 g/mol. The highest BCUT2D eigenvalue weighted by molar-refractivity contribution is 8.77. The molecule has 0 unspecified atom stereocenters. The normalized spacial score (nSPS) is 26.7. The van der Waals surface area contributed by atoms with E-state index in [1.54, 1.807) is 0 Å². The van der Waals surface area contributed by atoms with Crippen molar-refractivity contribution in [1.29, 1.82) is 0 Å². The van der Waals surface area contributed by atoms with Gasteiger partial charge >= 0.3 is 11.9 Å². The Morgan fingerprint density at radius 2 is 1.36 bits per heavy atom. The van der Waals surface area contributed by atoms with E-state index in [2.05, 4.69) is 9.47 Å². The van der Waals surface area contributed by atoms with Crippen LogP contribution in [0.1, 0.15) is 12.8 Å². The molecule has 0 aliphatic carbocycles. The van der Waals surface area contributed by atoms with E-state index in [0.29, 0.717) is 12.8 Å². The van der Waals surface area contributed by atoms with E-state index >= 15 is 0 Å². The zero-order valence-electron chi connectivity index (χ0n) is 8.02. The van der Waals surface area contributed by atoms with Crippen molar-refractivity contribution in [2.24, 2.45) is 0 Å². The molecule has 1 rings (SSSR count). The van der Waals surface area contributed by atoms with E-state index < -0.39 is 0 Å². The molecule has 1 aliphatic rings. The molecule has 1 aliphatic heterocycles. The fourth-order valence-corrected chi connectivity index (χ4v) is 4.05. The monoisotopic (exact) mass is 236 g/mol. The lowest BCUT2D eigenvalue weighted by atomic mass is 10.2. The van der Waals surface area contributed by atoms with Crippen molar-refractivity contribution in [3.8, 4) is 0 Å². The van der Waals surface area contributed by atoms with Gasteiger partial charge in [-0.1, -0.05) is 21.6 Å². The maximum atomic E-state index is 11.1. The molecule has 1 saturated heterocycles. The molecule has 0 spiro atoms. The Labute approximate surface area is 90.5 Å². The smallest absolute Gasteiger partial charge is 0.319 e. The van der Waals surface area contributed by atoms with Crippen LogP contribution in [0.4, 0.5) is 0 Å². The van der Waals surface area contributed by atoms with Gasteiger partial charge in [0.25, 0.3) is 0 Å². The third-order valence-electron chi connectivity index (χ3n) is 1.91. The van der Waals surface area contributed by atoms with Gasteiger partial charge in [-0.25, -0.2) is 0 Å². The third kappa shape index (κ3) is 2.81. The van der Waals surface area contributed by atoms with E-state index in [-0.39, 0.29) is 22.4 Å². The Morgan fingerprint density at radius 1 is 1.00 bits per heavy atom. The summed E-state index contributed by atoms with van der Waals surface area (Å²) in [4.78, 5) is 22.3. The van der Waals surface area contributed by atoms with Crippen molar-refractivity contribution in [1.82, 2.24) is 0 Å². The highest BCUT2D eigenvalue weighted by Crippen LogP contribution is 2.41. The quantitative estimate of drug-likeness (QED) is 0.531. The van der Waals surface area contributed by atoms with E-state index in [1.165, 1.54) is 35.8 Å². The van der Waals surface area contributed by atoms with Crippen LogP contribution >= 0.6 is 21.6 Å². The topological polar surface area (TPSA) is 52.6 Å². The van der Waals surface area contributed by atoms with Crippen LogP contribution in [-0.2, 0) is 19.1 Å². The van der Waals surface area contributed by atoms with Gasteiger partial charge in [0.1, 0.15) is 10.5 Å². The minimum atomic E-state index is -0.217. The molecule has 80 valence electrons. The average Bonchev–Trinajstić information content (AvgIpc) is 2.27. The molecule has 14 heavy (non-hydrogen) atoms. The SMILES string of the molecule is COC(=O)[C@@H]1CC[C@H](C(=O)OC)SS1. The molecule has 0 aromatic heterocycles. The van der Waals surface area contributed by atoms with Crippen LogP contribution in [0.2, 0.25) is 0 Å². The summed E-state index contributed by atoms with van der Waals surface area (Å²) < 4.78 is 9.24. The third-order valence-corrected chi connectivity index (χ3v) is 5.07. The molecule has 1 fully saturated rings. The second-order valence-electron chi connectivity index (χ2n) is 2.79. The molecule has 6 heteroatoms. The number of hydrogen-bond acceptors (Lipinski definition) is 6. The molecule has 4 nitrogen and oxygen atoms in total. The number of carbonyl (C=O) groups is 2. The summed E-state index contributed by atoms with van der Waals surface area (Å²) in [5.74, 6) is -0.434. The van der Waals surface area contributed by atoms with Crippen LogP contribution in [0.25, 0.3) is 0 Å². The Bertz CT molecular complexity index is 199. The number of hydrogen-bond donors (Lipinski definition) is 0. The summed E-state index contributed by atoms with van der Waals surface area (Å²) in [6.07, 6.45) is 1.34. The van der Waals surface area contributed by atoms with Crippen molar-refractivity contribution in [3.05, 3.63) is 0 Å². The maximum Gasteiger partial charge on any atom is 0.319 e. The second kappa shape index (κ2) is 5.50. The number of esters is 2. The molecule has 2 atom stereocenters. The second-order valence-corrected chi connectivity index (χ2v) is 5.47. The van der Waals surface area contributed by atoms with Crippen LogP contribution in [-0.4, -0.2) is 36.7 Å². The molecule has 0 saturated carbocycles. The van der Waals surface area contributed by atoms with Gasteiger partial charge in [0.2, 0.25) is 0 Å². The van der Waals surface area contributed by atoms with Gasteiger partial charge in [-0.05, 0) is 12.8 Å². The minimum absolute atomic E-state index is 0.147. The fraction of sp³-hybridized carbons (Fsp3) is 0.750. The van der Waals surface area contributed by atoms with Crippen molar-refractivity contribution in [2.45, 2.75) is 23.3 Å². The Balaban J connectivity index is 2.38. The van der Waals surface area contributed by atoms with Gasteiger partial charge in [-0.2, -0.15) is 0 Å². The first-order valence-electron chi connectivity index (χ1n) is 4.16. The zero-order chi connectivity index (χ0) is 10.6. The lowest BCUT2D eigenvalue weighted by molar-refractivity contribution is -0.142. The van der Waals surface area contributed by atoms with Gasteiger partial charge in [-0.15, -0.1) is 0 Å². The van der Waals surface area contributed by atoms with E-state index in [0.717, 1.165) is 0 Å². The van der Waals surface area contributed by atoms with Crippen molar-refractivity contribution < 1.29 is 19.1 Å². The standard InChI is InChI=1S/C8H12O4S2/c1-11-7(9)5-3-4-6(14-13-5)8(10)12-2/h5-6H,3-4H2,1-2H3/t5-,6+. The van der Waals surface area contributed by atoms with Crippen LogP contribution in [0, 0.1) is 0 Å². The summed E-state index contributed by atoms with van der Waals surface area (Å²) in [5, 5.41) is -0.295. The highest BCUT2D eigenvalue weighted by atomic mass is 33.1. The van der Waals surface area contributed by atoms with Gasteiger partial charge in [-0.3, -0.25) is 9.59 Å². The molecule has 1 heterocycles. The van der Waals surface area contributed by atoms with Crippen molar-refractivity contribution >= 4 is 33.5 Å². The predicted octanol–water partition coefficient (Wildman–Crippen LogP) is 1.24. The first-order chi connectivity index (χ1) is 6.69. The number of methoxy groups -OCH3 is 2. The first-order valence-corrected chi connectivity index (χ1v) is 6.44. The number of rotatable bonds is 2. The predicted molar refractivity (Wildman–Crippen MR) is 56.0 cm³/mol. The molecule has 0 N–H and O–H groups in total. The molecular weight excluding hydrogens is 224 g/mol. The first kappa shape index (κ1) is 11.7. The van der Waals surface area contributed by atoms with Gasteiger partial charge in [0.15, 0.2) is 0 Å². The Morgan fingerprint density at radius 3 is 1.57 bits per heavy atom. The van der Waals surface area contributed by atoms with Crippen LogP contribution in [0.15, 0.2) is 0 Å². The molecule has 0 bridgehead atoms. The summed E-state index contributed by atoms with van der Waals surface area (Å²) in [5.41, 5.74) is 0. The van der Waals surface area contributed by atoms with Gasteiger partial charge in [0, 0.05) is 0 Å². The zero-order valence-corrected chi connectivity index (χ0v) is 9.65. The fourth-order valence-electron chi connectivity index (χ4n) is 1.11. The van der Waals surface area contributed by atoms with E-state index in [4.69, 9.17) is 0 Å². The molecule has 0 aromatic rings. The molecule has 0 amide bonds. The lowest BCUT2D eigenvalue weighted by Crippen LogP contribution is -2.27. The van der Waals surface area contributed by atoms with Crippen LogP contribution < -0.4 is 0 Å². The summed E-state index contributed by atoms with van der Waals surface area (Å²) in [7, 11) is 5.53. The maximum absolute atomic E-state index is 11.1. The summed E-state index contributed by atoms with van der Waals surface area (Å²) in [6.45, 7) is 0. The molecular formula is C8H12O4S2. The highest BCUT2D eigenvalue weighted by Gasteiger charge is 2.32. The number of ether oxygens (including phenoxy) is 2. The minimum Gasteiger partial charge on any atom is -0.468 e. The van der Waals surface area contributed by atoms with Crippen LogP contribution in [0.5, 0.6) is 0 Å². The molecule has 0 radical (unpaired) electrons.